The highest BCUT2D eigenvalue weighted by molar-refractivity contribution is 5.81. The Morgan fingerprint density at radius 3 is 2.32 bits per heavy atom. The highest BCUT2D eigenvalue weighted by atomic mass is 16.5. The van der Waals surface area contributed by atoms with E-state index < -0.39 is 0 Å². The second kappa shape index (κ2) is 8.20. The average molecular weight is 408 g/mol. The summed E-state index contributed by atoms with van der Waals surface area (Å²) in [5.41, 5.74) is 3.52. The van der Waals surface area contributed by atoms with Gasteiger partial charge in [-0.15, -0.1) is 0 Å². The van der Waals surface area contributed by atoms with Gasteiger partial charge < -0.3 is 14.8 Å². The van der Waals surface area contributed by atoms with E-state index in [1.54, 1.807) is 17.8 Å². The molecule has 0 aliphatic rings. The number of aromatic nitrogens is 3. The quantitative estimate of drug-likeness (QED) is 0.377. The lowest BCUT2D eigenvalue weighted by atomic mass is 10.1. The summed E-state index contributed by atoms with van der Waals surface area (Å²) in [5, 5.41) is 7.77. The Morgan fingerprint density at radius 1 is 0.774 bits per heavy atom. The summed E-state index contributed by atoms with van der Waals surface area (Å²) in [5.74, 6) is 3.08. The fourth-order valence-corrected chi connectivity index (χ4v) is 3.37. The molecule has 0 saturated heterocycles. The van der Waals surface area contributed by atoms with Crippen molar-refractivity contribution in [3.8, 4) is 28.4 Å². The normalized spacial score (nSPS) is 10.7. The minimum Gasteiger partial charge on any atom is -0.496 e. The van der Waals surface area contributed by atoms with E-state index in [0.717, 1.165) is 45.5 Å². The van der Waals surface area contributed by atoms with Crippen molar-refractivity contribution >= 4 is 17.2 Å². The summed E-state index contributed by atoms with van der Waals surface area (Å²) >= 11 is 0. The van der Waals surface area contributed by atoms with Crippen LogP contribution in [0.4, 0.5) is 11.5 Å². The van der Waals surface area contributed by atoms with E-state index in [1.165, 1.54) is 0 Å². The number of hydrogen-bond acceptors (Lipinski definition) is 5. The molecule has 0 bridgehead atoms. The maximum absolute atomic E-state index is 5.85. The molecule has 31 heavy (non-hydrogen) atoms. The van der Waals surface area contributed by atoms with Crippen LogP contribution in [-0.4, -0.2) is 21.7 Å². The predicted octanol–water partition coefficient (Wildman–Crippen LogP) is 5.94. The lowest BCUT2D eigenvalue weighted by Gasteiger charge is -2.09. The Balaban J connectivity index is 1.40. The molecule has 2 heterocycles. The molecule has 0 aliphatic carbocycles. The van der Waals surface area contributed by atoms with Crippen molar-refractivity contribution in [2.24, 2.45) is 0 Å². The maximum Gasteiger partial charge on any atom is 0.165 e. The molecule has 6 nitrogen and oxygen atoms in total. The fourth-order valence-electron chi connectivity index (χ4n) is 3.37. The van der Waals surface area contributed by atoms with Gasteiger partial charge in [0.15, 0.2) is 5.65 Å². The van der Waals surface area contributed by atoms with Crippen molar-refractivity contribution in [2.45, 2.75) is 0 Å². The summed E-state index contributed by atoms with van der Waals surface area (Å²) in [6, 6.07) is 27.2. The largest absolute Gasteiger partial charge is 0.496 e. The Kier molecular flexibility index (Phi) is 4.94. The molecule has 0 fully saturated rings. The Morgan fingerprint density at radius 2 is 1.52 bits per heavy atom. The van der Waals surface area contributed by atoms with Crippen LogP contribution >= 0.6 is 0 Å². The van der Waals surface area contributed by atoms with E-state index in [2.05, 4.69) is 10.4 Å². The lowest BCUT2D eigenvalue weighted by molar-refractivity contribution is 0.416. The van der Waals surface area contributed by atoms with Gasteiger partial charge in [0, 0.05) is 17.4 Å². The molecule has 0 unspecified atom stereocenters. The molecule has 5 rings (SSSR count). The first-order valence-corrected chi connectivity index (χ1v) is 9.88. The van der Waals surface area contributed by atoms with Crippen molar-refractivity contribution < 1.29 is 9.47 Å². The van der Waals surface area contributed by atoms with Crippen LogP contribution in [0, 0.1) is 0 Å². The Labute approximate surface area is 179 Å². The van der Waals surface area contributed by atoms with Crippen molar-refractivity contribution in [1.82, 2.24) is 14.6 Å². The third kappa shape index (κ3) is 3.91. The zero-order valence-electron chi connectivity index (χ0n) is 16.9. The number of benzene rings is 3. The van der Waals surface area contributed by atoms with Crippen molar-refractivity contribution in [2.75, 3.05) is 12.4 Å². The molecular formula is C25H20N4O2. The number of fused-ring (bicyclic) bond motifs is 1. The number of nitrogens with one attached hydrogen (secondary N) is 1. The minimum atomic E-state index is 0.723. The monoisotopic (exact) mass is 408 g/mol. The van der Waals surface area contributed by atoms with E-state index in [9.17, 15) is 0 Å². The van der Waals surface area contributed by atoms with Gasteiger partial charge in [-0.3, -0.25) is 0 Å². The van der Waals surface area contributed by atoms with Crippen molar-refractivity contribution in [3.05, 3.63) is 97.3 Å². The molecule has 152 valence electrons. The van der Waals surface area contributed by atoms with Crippen LogP contribution in [0.15, 0.2) is 97.3 Å². The first-order chi connectivity index (χ1) is 15.3. The average Bonchev–Trinajstić information content (AvgIpc) is 3.24. The van der Waals surface area contributed by atoms with Crippen LogP contribution in [0.2, 0.25) is 0 Å². The second-order valence-corrected chi connectivity index (χ2v) is 6.90. The number of ether oxygens (including phenoxy) is 2. The highest BCUT2D eigenvalue weighted by Gasteiger charge is 2.13. The molecule has 1 N–H and O–H groups in total. The molecule has 0 amide bonds. The number of methoxy groups -OCH3 is 1. The van der Waals surface area contributed by atoms with E-state index >= 15 is 0 Å². The molecule has 0 atom stereocenters. The predicted molar refractivity (Wildman–Crippen MR) is 121 cm³/mol. The molecule has 6 heteroatoms. The Hall–Kier alpha value is -4.32. The first-order valence-electron chi connectivity index (χ1n) is 9.88. The van der Waals surface area contributed by atoms with Crippen LogP contribution in [0.1, 0.15) is 0 Å². The van der Waals surface area contributed by atoms with Crippen LogP contribution in [-0.2, 0) is 0 Å². The fraction of sp³-hybridized carbons (Fsp3) is 0.0400. The topological polar surface area (TPSA) is 60.7 Å². The number of hydrogen-bond donors (Lipinski definition) is 1. The molecule has 0 saturated carbocycles. The maximum atomic E-state index is 5.85. The third-order valence-electron chi connectivity index (χ3n) is 4.87. The SMILES string of the molecule is COc1ccccc1-c1cnn2ccc(Nc3ccc(Oc4ccccc4)cc3)nc12. The van der Waals surface area contributed by atoms with Gasteiger partial charge in [-0.05, 0) is 48.5 Å². The highest BCUT2D eigenvalue weighted by Crippen LogP contribution is 2.32. The van der Waals surface area contributed by atoms with Gasteiger partial charge in [-0.25, -0.2) is 9.50 Å². The van der Waals surface area contributed by atoms with Gasteiger partial charge in [-0.2, -0.15) is 5.10 Å². The van der Waals surface area contributed by atoms with Crippen molar-refractivity contribution in [3.63, 3.8) is 0 Å². The van der Waals surface area contributed by atoms with Gasteiger partial charge in [0.2, 0.25) is 0 Å². The summed E-state index contributed by atoms with van der Waals surface area (Å²) in [6.45, 7) is 0. The molecule has 0 spiro atoms. The van der Waals surface area contributed by atoms with E-state index in [-0.39, 0.29) is 0 Å². The lowest BCUT2D eigenvalue weighted by Crippen LogP contribution is -1.97. The van der Waals surface area contributed by atoms with Gasteiger partial charge >= 0.3 is 0 Å². The van der Waals surface area contributed by atoms with Gasteiger partial charge in [0.05, 0.1) is 18.9 Å². The van der Waals surface area contributed by atoms with Gasteiger partial charge in [0.1, 0.15) is 23.1 Å². The zero-order valence-corrected chi connectivity index (χ0v) is 16.9. The summed E-state index contributed by atoms with van der Waals surface area (Å²) in [4.78, 5) is 4.77. The molecule has 0 aliphatic heterocycles. The number of nitrogens with zero attached hydrogens (tertiary/aromatic N) is 3. The van der Waals surface area contributed by atoms with Crippen LogP contribution < -0.4 is 14.8 Å². The molecule has 2 aromatic heterocycles. The van der Waals surface area contributed by atoms with Crippen molar-refractivity contribution in [1.29, 1.82) is 0 Å². The smallest absolute Gasteiger partial charge is 0.165 e. The molecular weight excluding hydrogens is 388 g/mol. The van der Waals surface area contributed by atoms with Crippen LogP contribution in [0.25, 0.3) is 16.8 Å². The molecule has 5 aromatic rings. The summed E-state index contributed by atoms with van der Waals surface area (Å²) < 4.78 is 13.1. The number of anilines is 2. The van der Waals surface area contributed by atoms with Gasteiger partial charge in [0.25, 0.3) is 0 Å². The Bertz CT molecular complexity index is 1310. The molecule has 3 aromatic carbocycles. The van der Waals surface area contributed by atoms with Crippen LogP contribution in [0.5, 0.6) is 17.2 Å². The number of para-hydroxylation sites is 2. The van der Waals surface area contributed by atoms with Crippen LogP contribution in [0.3, 0.4) is 0 Å². The summed E-state index contributed by atoms with van der Waals surface area (Å²) in [7, 11) is 1.66. The second-order valence-electron chi connectivity index (χ2n) is 6.90. The van der Waals surface area contributed by atoms with E-state index in [1.807, 2.05) is 91.1 Å². The standard InChI is InChI=1S/C25H20N4O2/c1-30-23-10-6-5-9-21(23)22-17-26-29-16-15-24(28-25(22)29)27-18-11-13-20(14-12-18)31-19-7-3-2-4-8-19/h2-17H,1H3,(H,27,28). The minimum absolute atomic E-state index is 0.723. The number of rotatable bonds is 6. The first kappa shape index (κ1) is 18.7. The van der Waals surface area contributed by atoms with E-state index in [0.29, 0.717) is 0 Å². The zero-order chi connectivity index (χ0) is 21.0. The summed E-state index contributed by atoms with van der Waals surface area (Å²) in [6.07, 6.45) is 3.69. The third-order valence-corrected chi connectivity index (χ3v) is 4.87. The molecule has 0 radical (unpaired) electrons. The van der Waals surface area contributed by atoms with E-state index in [4.69, 9.17) is 14.5 Å². The van der Waals surface area contributed by atoms with Gasteiger partial charge in [-0.1, -0.05) is 36.4 Å².